The number of anilines is 1. The SMILES string of the molecule is CSC(C)c1ncnc(NC(C)c2ccccc2)c1Cl. The van der Waals surface area contributed by atoms with Gasteiger partial charge >= 0.3 is 0 Å². The van der Waals surface area contributed by atoms with Crippen LogP contribution in [0, 0.1) is 0 Å². The van der Waals surface area contributed by atoms with Crippen molar-refractivity contribution in [2.75, 3.05) is 11.6 Å². The zero-order chi connectivity index (χ0) is 14.5. The Kier molecular flexibility index (Phi) is 5.26. The smallest absolute Gasteiger partial charge is 0.149 e. The maximum absolute atomic E-state index is 6.41. The predicted octanol–water partition coefficient (Wildman–Crippen LogP) is 4.73. The third-order valence-corrected chi connectivity index (χ3v) is 4.51. The van der Waals surface area contributed by atoms with Gasteiger partial charge in [-0.25, -0.2) is 9.97 Å². The quantitative estimate of drug-likeness (QED) is 0.866. The van der Waals surface area contributed by atoms with Crippen molar-refractivity contribution in [2.24, 2.45) is 0 Å². The molecule has 3 nitrogen and oxygen atoms in total. The standard InChI is InChI=1S/C15H18ClN3S/c1-10(12-7-5-4-6-8-12)19-15-13(16)14(11(2)20-3)17-9-18-15/h4-11H,1-3H3,(H,17,18,19). The Morgan fingerprint density at radius 1 is 1.15 bits per heavy atom. The number of halogens is 1. The zero-order valence-electron chi connectivity index (χ0n) is 11.8. The van der Waals surface area contributed by atoms with Gasteiger partial charge in [0, 0.05) is 11.3 Å². The lowest BCUT2D eigenvalue weighted by atomic mass is 10.1. The van der Waals surface area contributed by atoms with Gasteiger partial charge in [-0.3, -0.25) is 0 Å². The maximum Gasteiger partial charge on any atom is 0.149 e. The topological polar surface area (TPSA) is 37.8 Å². The fourth-order valence-corrected chi connectivity index (χ4v) is 2.69. The van der Waals surface area contributed by atoms with Crippen molar-refractivity contribution >= 4 is 29.2 Å². The van der Waals surface area contributed by atoms with E-state index in [2.05, 4.69) is 41.3 Å². The third kappa shape index (κ3) is 3.44. The van der Waals surface area contributed by atoms with Crippen LogP contribution in [-0.4, -0.2) is 16.2 Å². The molecule has 106 valence electrons. The number of rotatable bonds is 5. The Morgan fingerprint density at radius 3 is 2.50 bits per heavy atom. The molecule has 0 spiro atoms. The Morgan fingerprint density at radius 2 is 1.85 bits per heavy atom. The van der Waals surface area contributed by atoms with Crippen LogP contribution in [0.3, 0.4) is 0 Å². The molecule has 0 radical (unpaired) electrons. The molecule has 5 heteroatoms. The molecule has 2 unspecified atom stereocenters. The first-order chi connectivity index (χ1) is 9.63. The van der Waals surface area contributed by atoms with E-state index in [-0.39, 0.29) is 11.3 Å². The van der Waals surface area contributed by atoms with Gasteiger partial charge in [-0.2, -0.15) is 11.8 Å². The van der Waals surface area contributed by atoms with Crippen LogP contribution < -0.4 is 5.32 Å². The number of nitrogens with one attached hydrogen (secondary N) is 1. The second-order valence-corrected chi connectivity index (χ2v) is 6.13. The van der Waals surface area contributed by atoms with Gasteiger partial charge in [-0.1, -0.05) is 41.9 Å². The highest BCUT2D eigenvalue weighted by molar-refractivity contribution is 7.98. The Labute approximate surface area is 129 Å². The summed E-state index contributed by atoms with van der Waals surface area (Å²) in [6.07, 6.45) is 3.61. The van der Waals surface area contributed by atoms with E-state index in [0.29, 0.717) is 10.8 Å². The van der Waals surface area contributed by atoms with Gasteiger partial charge in [0.2, 0.25) is 0 Å². The molecule has 2 atom stereocenters. The minimum absolute atomic E-state index is 0.140. The molecular formula is C15H18ClN3S. The highest BCUT2D eigenvalue weighted by atomic mass is 35.5. The van der Waals surface area contributed by atoms with Crippen molar-refractivity contribution < 1.29 is 0 Å². The van der Waals surface area contributed by atoms with E-state index in [1.807, 2.05) is 24.5 Å². The van der Waals surface area contributed by atoms with Gasteiger partial charge in [-0.05, 0) is 25.7 Å². The van der Waals surface area contributed by atoms with E-state index in [1.54, 1.807) is 18.1 Å². The van der Waals surface area contributed by atoms with E-state index in [1.165, 1.54) is 5.56 Å². The summed E-state index contributed by atoms with van der Waals surface area (Å²) in [6.45, 7) is 4.18. The molecular weight excluding hydrogens is 290 g/mol. The predicted molar refractivity (Wildman–Crippen MR) is 87.5 cm³/mol. The molecule has 0 fully saturated rings. The fraction of sp³-hybridized carbons (Fsp3) is 0.333. The van der Waals surface area contributed by atoms with Crippen LogP contribution in [0.2, 0.25) is 5.02 Å². The highest BCUT2D eigenvalue weighted by Gasteiger charge is 2.16. The van der Waals surface area contributed by atoms with Crippen molar-refractivity contribution in [3.05, 3.63) is 52.9 Å². The first-order valence-corrected chi connectivity index (χ1v) is 8.14. The Hall–Kier alpha value is -1.26. The number of thioether (sulfide) groups is 1. The number of nitrogens with zero attached hydrogens (tertiary/aromatic N) is 2. The summed E-state index contributed by atoms with van der Waals surface area (Å²) in [4.78, 5) is 8.54. The lowest BCUT2D eigenvalue weighted by Crippen LogP contribution is -2.10. The van der Waals surface area contributed by atoms with Crippen LogP contribution in [0.4, 0.5) is 5.82 Å². The van der Waals surface area contributed by atoms with Gasteiger partial charge in [0.25, 0.3) is 0 Å². The molecule has 0 saturated heterocycles. The molecule has 1 N–H and O–H groups in total. The average molecular weight is 308 g/mol. The zero-order valence-corrected chi connectivity index (χ0v) is 13.4. The Balaban J connectivity index is 2.22. The summed E-state index contributed by atoms with van der Waals surface area (Å²) >= 11 is 8.13. The van der Waals surface area contributed by atoms with E-state index < -0.39 is 0 Å². The molecule has 1 aromatic heterocycles. The van der Waals surface area contributed by atoms with Gasteiger partial charge in [0.05, 0.1) is 5.69 Å². The number of hydrogen-bond donors (Lipinski definition) is 1. The maximum atomic E-state index is 6.41. The second-order valence-electron chi connectivity index (χ2n) is 4.58. The lowest BCUT2D eigenvalue weighted by Gasteiger charge is -2.18. The molecule has 0 aliphatic carbocycles. The lowest BCUT2D eigenvalue weighted by molar-refractivity contribution is 0.866. The summed E-state index contributed by atoms with van der Waals surface area (Å²) in [7, 11) is 0. The first-order valence-electron chi connectivity index (χ1n) is 6.48. The molecule has 0 amide bonds. The molecule has 0 aliphatic heterocycles. The molecule has 1 heterocycles. The van der Waals surface area contributed by atoms with Crippen LogP contribution in [0.5, 0.6) is 0 Å². The molecule has 0 bridgehead atoms. The summed E-state index contributed by atoms with van der Waals surface area (Å²) in [6, 6.07) is 10.4. The van der Waals surface area contributed by atoms with Crippen molar-refractivity contribution in [2.45, 2.75) is 25.1 Å². The Bertz CT molecular complexity index is 562. The summed E-state index contributed by atoms with van der Waals surface area (Å²) in [5, 5.41) is 4.21. The van der Waals surface area contributed by atoms with Gasteiger partial charge in [0.15, 0.2) is 0 Å². The molecule has 2 rings (SSSR count). The van der Waals surface area contributed by atoms with Crippen molar-refractivity contribution in [3.8, 4) is 0 Å². The van der Waals surface area contributed by atoms with E-state index in [4.69, 9.17) is 11.6 Å². The van der Waals surface area contributed by atoms with Crippen molar-refractivity contribution in [1.29, 1.82) is 0 Å². The number of benzene rings is 1. The minimum Gasteiger partial charge on any atom is -0.362 e. The van der Waals surface area contributed by atoms with Crippen molar-refractivity contribution in [1.82, 2.24) is 9.97 Å². The highest BCUT2D eigenvalue weighted by Crippen LogP contribution is 2.34. The van der Waals surface area contributed by atoms with Crippen molar-refractivity contribution in [3.63, 3.8) is 0 Å². The van der Waals surface area contributed by atoms with Gasteiger partial charge in [-0.15, -0.1) is 0 Å². The van der Waals surface area contributed by atoms with Crippen LogP contribution in [0.15, 0.2) is 36.7 Å². The van der Waals surface area contributed by atoms with E-state index in [0.717, 1.165) is 5.69 Å². The second kappa shape index (κ2) is 6.95. The largest absolute Gasteiger partial charge is 0.362 e. The van der Waals surface area contributed by atoms with Crippen LogP contribution in [-0.2, 0) is 0 Å². The summed E-state index contributed by atoms with van der Waals surface area (Å²) in [5.41, 5.74) is 2.07. The molecule has 2 aromatic rings. The molecule has 1 aromatic carbocycles. The normalized spacial score (nSPS) is 13.8. The van der Waals surface area contributed by atoms with Crippen LogP contribution >= 0.6 is 23.4 Å². The van der Waals surface area contributed by atoms with Gasteiger partial charge in [0.1, 0.15) is 17.2 Å². The average Bonchev–Trinajstić information content (AvgIpc) is 2.49. The van der Waals surface area contributed by atoms with E-state index >= 15 is 0 Å². The number of aromatic nitrogens is 2. The summed E-state index contributed by atoms with van der Waals surface area (Å²) < 4.78 is 0. The monoisotopic (exact) mass is 307 g/mol. The van der Waals surface area contributed by atoms with Crippen LogP contribution in [0.1, 0.15) is 36.4 Å². The first kappa shape index (κ1) is 15.1. The summed E-state index contributed by atoms with van der Waals surface area (Å²) in [5.74, 6) is 0.689. The third-order valence-electron chi connectivity index (χ3n) is 3.21. The fourth-order valence-electron chi connectivity index (χ4n) is 1.91. The molecule has 20 heavy (non-hydrogen) atoms. The minimum atomic E-state index is 0.140. The molecule has 0 aliphatic rings. The van der Waals surface area contributed by atoms with Gasteiger partial charge < -0.3 is 5.32 Å². The van der Waals surface area contributed by atoms with Crippen LogP contribution in [0.25, 0.3) is 0 Å². The number of hydrogen-bond acceptors (Lipinski definition) is 4. The molecule has 0 saturated carbocycles. The van der Waals surface area contributed by atoms with E-state index in [9.17, 15) is 0 Å².